The summed E-state index contributed by atoms with van der Waals surface area (Å²) in [7, 11) is 1.49. The van der Waals surface area contributed by atoms with E-state index in [4.69, 9.17) is 33.2 Å². The molecule has 0 aromatic heterocycles. The number of rotatable bonds is 44. The fraction of sp³-hybridized carbons (Fsp3) is 0.869. The molecule has 536 valence electrons. The molecule has 32 nitrogen and oxygen atoms in total. The molecule has 0 aromatic rings. The number of carbonyl (C=O) groups excluding carboxylic acids is 8. The Kier molecular flexibility index (Phi) is 37.1. The number of Topliss-reactive ketones (excluding diaryl/α,β-unsaturated/α-hetero) is 1. The Balaban J connectivity index is 1.35. The van der Waals surface area contributed by atoms with Gasteiger partial charge in [0.15, 0.2) is 18.9 Å². The summed E-state index contributed by atoms with van der Waals surface area (Å²) in [6, 6.07) is -0.333. The lowest BCUT2D eigenvalue weighted by molar-refractivity contribution is -0.282. The molecule has 4 aliphatic rings. The molecule has 4 rings (SSSR count). The summed E-state index contributed by atoms with van der Waals surface area (Å²) >= 11 is 0. The molecule has 4 fully saturated rings. The van der Waals surface area contributed by atoms with Crippen molar-refractivity contribution in [3.05, 3.63) is 0 Å². The van der Waals surface area contributed by atoms with E-state index in [-0.39, 0.29) is 185 Å². The van der Waals surface area contributed by atoms with Gasteiger partial charge in [-0.1, -0.05) is 20.8 Å². The minimum atomic E-state index is -1.32. The molecule has 7 amide bonds. The van der Waals surface area contributed by atoms with Crippen molar-refractivity contribution < 1.29 is 123 Å². The van der Waals surface area contributed by atoms with Gasteiger partial charge in [0.2, 0.25) is 41.4 Å². The molecule has 0 aromatic carbocycles. The molecular formula is C61H107N7O25. The third-order valence-electron chi connectivity index (χ3n) is 17.4. The Hall–Kier alpha value is -4.72. The maximum absolute atomic E-state index is 14.0. The highest BCUT2D eigenvalue weighted by Gasteiger charge is 2.45. The predicted molar refractivity (Wildman–Crippen MR) is 326 cm³/mol. The summed E-state index contributed by atoms with van der Waals surface area (Å²) in [5, 5.41) is 117. The highest BCUT2D eigenvalue weighted by molar-refractivity contribution is 5.82. The van der Waals surface area contributed by atoms with E-state index in [1.54, 1.807) is 20.8 Å². The summed E-state index contributed by atoms with van der Waals surface area (Å²) < 4.78 is 38.8. The van der Waals surface area contributed by atoms with Gasteiger partial charge in [-0.05, 0) is 57.8 Å². The number of methoxy groups -OCH3 is 1. The highest BCUT2D eigenvalue weighted by Crippen LogP contribution is 2.31. The van der Waals surface area contributed by atoms with E-state index in [0.717, 1.165) is 0 Å². The van der Waals surface area contributed by atoms with Crippen LogP contribution in [0.3, 0.4) is 0 Å². The predicted octanol–water partition coefficient (Wildman–Crippen LogP) is -4.49. The van der Waals surface area contributed by atoms with Crippen LogP contribution in [-0.4, -0.2) is 287 Å². The number of unbranched alkanes of at least 4 members (excludes halogenated alkanes) is 1. The van der Waals surface area contributed by atoms with E-state index >= 15 is 0 Å². The van der Waals surface area contributed by atoms with E-state index in [2.05, 4.69) is 31.9 Å². The average molecular weight is 1340 g/mol. The molecule has 4 saturated heterocycles. The number of hydrogen-bond donors (Lipinski definition) is 16. The molecule has 0 aliphatic carbocycles. The number of ketones is 1. The van der Waals surface area contributed by atoms with Crippen molar-refractivity contribution in [1.29, 1.82) is 0 Å². The molecule has 6 unspecified atom stereocenters. The van der Waals surface area contributed by atoms with Crippen LogP contribution in [0.25, 0.3) is 0 Å². The SMILES string of the molecule is COC[C@H]1C[C@H](O)CN1C(=O)CCCC(=O)NC(CCC(=O)CCCCNC(=O)CCO[C@@H]1OC(CO)[C@H](O)[C@H](O)C1C)(CCC(=O)NCCCNC(=O)CCO[C@@H]1OC(CO)[C@H](O)[C@H](O)C1C)CCC(=O)NCCCNC(=O)CCO[C@@H]1OC(CO)[C@H](O)[C@H](O)C1C. The Morgan fingerprint density at radius 2 is 0.828 bits per heavy atom. The fourth-order valence-electron chi connectivity index (χ4n) is 11.5. The molecular weight excluding hydrogens is 1230 g/mol. The second-order valence-corrected chi connectivity index (χ2v) is 24.7. The number of hydrogen-bond acceptors (Lipinski definition) is 25. The minimum absolute atomic E-state index is 0.00862. The number of β-amino-alcohol motifs (C(OH)–C–C–N with tert-alkyl or cyclic N) is 1. The summed E-state index contributed by atoms with van der Waals surface area (Å²) in [4.78, 5) is 108. The zero-order valence-corrected chi connectivity index (χ0v) is 54.3. The van der Waals surface area contributed by atoms with Crippen LogP contribution < -0.4 is 31.9 Å². The van der Waals surface area contributed by atoms with Crippen molar-refractivity contribution in [3.63, 3.8) is 0 Å². The number of aliphatic hydroxyl groups excluding tert-OH is 10. The van der Waals surface area contributed by atoms with Crippen molar-refractivity contribution in [2.75, 3.05) is 92.6 Å². The molecule has 4 aliphatic heterocycles. The lowest BCUT2D eigenvalue weighted by Gasteiger charge is -2.40. The summed E-state index contributed by atoms with van der Waals surface area (Å²) in [5.74, 6) is -4.83. The molecule has 93 heavy (non-hydrogen) atoms. The van der Waals surface area contributed by atoms with Gasteiger partial charge in [0, 0.05) is 108 Å². The van der Waals surface area contributed by atoms with Crippen molar-refractivity contribution in [3.8, 4) is 0 Å². The monoisotopic (exact) mass is 1340 g/mol. The zero-order valence-electron chi connectivity index (χ0n) is 54.3. The van der Waals surface area contributed by atoms with E-state index in [1.807, 2.05) is 0 Å². The Morgan fingerprint density at radius 1 is 0.452 bits per heavy atom. The Labute approximate surface area is 543 Å². The zero-order chi connectivity index (χ0) is 68.6. The van der Waals surface area contributed by atoms with E-state index in [1.165, 1.54) is 12.0 Å². The van der Waals surface area contributed by atoms with Crippen molar-refractivity contribution in [2.45, 2.75) is 228 Å². The van der Waals surface area contributed by atoms with Gasteiger partial charge in [0.25, 0.3) is 0 Å². The standard InChI is InChI=1S/C61H107N7O25/c1-36-52(81)55(84)42(32-69)91-58(36)88-27-16-47(76)62-22-6-5-10-40(72)13-19-61(67-50(79)11-7-12-51(80)68-31-41(73)30-39(68)35-87-4,20-14-45(74)63-23-8-25-65-48(77)17-28-89-59-37(2)53(82)56(85)43(33-70)92-59)21-15-46(75)64-24-9-26-66-49(78)18-29-90-60-38(3)54(83)57(86)44(34-71)93-60/h36-39,41-44,52-60,69-71,73,81-86H,5-35H2,1-4H3,(H,62,76)(H,63,74)(H,64,75)(H,65,77)(H,66,78)(H,67,79)/t36?,37?,38?,39-,41+,42?,43?,44?,52-,53-,54-,55+,56+,57+,58-,59-,60-,61?/m1/s1. The minimum Gasteiger partial charge on any atom is -0.394 e. The lowest BCUT2D eigenvalue weighted by Crippen LogP contribution is -2.55. The Bertz CT molecular complexity index is 2080. The highest BCUT2D eigenvalue weighted by atomic mass is 16.7. The largest absolute Gasteiger partial charge is 0.394 e. The van der Waals surface area contributed by atoms with E-state index in [9.17, 15) is 89.4 Å². The van der Waals surface area contributed by atoms with Gasteiger partial charge in [-0.25, -0.2) is 0 Å². The van der Waals surface area contributed by atoms with Crippen LogP contribution in [0.2, 0.25) is 0 Å². The number of nitrogens with zero attached hydrogens (tertiary/aromatic N) is 1. The summed E-state index contributed by atoms with van der Waals surface area (Å²) in [6.45, 7) is 4.12. The number of aliphatic hydroxyl groups is 10. The normalized spacial score (nSPS) is 29.4. The van der Waals surface area contributed by atoms with Gasteiger partial charge in [-0.2, -0.15) is 0 Å². The smallest absolute Gasteiger partial charge is 0.223 e. The molecule has 0 radical (unpaired) electrons. The number of nitrogens with one attached hydrogen (secondary N) is 6. The van der Waals surface area contributed by atoms with Gasteiger partial charge in [-0.3, -0.25) is 38.4 Å². The van der Waals surface area contributed by atoms with E-state index < -0.39 is 141 Å². The summed E-state index contributed by atoms with van der Waals surface area (Å²) in [5.41, 5.74) is -1.32. The molecule has 17 atom stereocenters. The number of ether oxygens (including phenoxy) is 7. The number of amides is 7. The van der Waals surface area contributed by atoms with Crippen LogP contribution in [0.15, 0.2) is 0 Å². The van der Waals surface area contributed by atoms with Crippen LogP contribution in [-0.2, 0) is 71.5 Å². The maximum atomic E-state index is 14.0. The average Bonchev–Trinajstić information content (AvgIpc) is 1.65. The maximum Gasteiger partial charge on any atom is 0.223 e. The fourth-order valence-corrected chi connectivity index (χ4v) is 11.5. The molecule has 4 heterocycles. The first-order chi connectivity index (χ1) is 44.4. The molecule has 0 spiro atoms. The lowest BCUT2D eigenvalue weighted by atomic mass is 9.82. The number of likely N-dealkylation sites (tertiary alicyclic amines) is 1. The second-order valence-electron chi connectivity index (χ2n) is 24.7. The third kappa shape index (κ3) is 27.7. The second kappa shape index (κ2) is 42.8. The van der Waals surface area contributed by atoms with Gasteiger partial charge >= 0.3 is 0 Å². The quantitative estimate of drug-likeness (QED) is 0.0256. The van der Waals surface area contributed by atoms with E-state index in [0.29, 0.717) is 32.1 Å². The van der Waals surface area contributed by atoms with Gasteiger partial charge in [0.05, 0.1) is 96.0 Å². The van der Waals surface area contributed by atoms with Crippen LogP contribution in [0.4, 0.5) is 0 Å². The molecule has 0 bridgehead atoms. The summed E-state index contributed by atoms with van der Waals surface area (Å²) in [6.07, 6.45) is -13.2. The van der Waals surface area contributed by atoms with Crippen LogP contribution in [0.1, 0.15) is 136 Å². The first-order valence-corrected chi connectivity index (χ1v) is 32.7. The van der Waals surface area contributed by atoms with Crippen molar-refractivity contribution >= 4 is 47.1 Å². The molecule has 16 N–H and O–H groups in total. The number of carbonyl (C=O) groups is 8. The van der Waals surface area contributed by atoms with Gasteiger partial charge in [-0.15, -0.1) is 0 Å². The van der Waals surface area contributed by atoms with Crippen molar-refractivity contribution in [2.24, 2.45) is 17.8 Å². The van der Waals surface area contributed by atoms with Crippen LogP contribution >= 0.6 is 0 Å². The third-order valence-corrected chi connectivity index (χ3v) is 17.4. The van der Waals surface area contributed by atoms with Gasteiger partial charge < -0.3 is 121 Å². The first kappa shape index (κ1) is 80.7. The Morgan fingerprint density at radius 3 is 1.22 bits per heavy atom. The van der Waals surface area contributed by atoms with Crippen molar-refractivity contribution in [1.82, 2.24) is 36.8 Å². The topological polar surface area (TPSA) is 479 Å². The van der Waals surface area contributed by atoms with Crippen LogP contribution in [0, 0.1) is 17.8 Å². The molecule has 0 saturated carbocycles. The van der Waals surface area contributed by atoms with Crippen LogP contribution in [0.5, 0.6) is 0 Å². The first-order valence-electron chi connectivity index (χ1n) is 32.7. The van der Waals surface area contributed by atoms with Gasteiger partial charge in [0.1, 0.15) is 42.4 Å². The molecule has 32 heteroatoms.